The summed E-state index contributed by atoms with van der Waals surface area (Å²) in [4.78, 5) is 33.2. The van der Waals surface area contributed by atoms with E-state index in [2.05, 4.69) is 16.0 Å². The zero-order valence-corrected chi connectivity index (χ0v) is 9.63. The van der Waals surface area contributed by atoms with Crippen LogP contribution in [0.3, 0.4) is 0 Å². The molecule has 1 aliphatic heterocycles. The van der Waals surface area contributed by atoms with Gasteiger partial charge in [0.1, 0.15) is 5.38 Å². The summed E-state index contributed by atoms with van der Waals surface area (Å²) in [5, 5.41) is 6.55. The summed E-state index contributed by atoms with van der Waals surface area (Å²) in [6.07, 6.45) is 0.953. The smallest absolute Gasteiger partial charge is 0.321 e. The summed E-state index contributed by atoms with van der Waals surface area (Å²) in [5.41, 5.74) is 0. The number of amides is 4. The van der Waals surface area contributed by atoms with Crippen LogP contribution in [0.1, 0.15) is 19.8 Å². The second-order valence-electron chi connectivity index (χ2n) is 3.62. The Kier molecular flexibility index (Phi) is 4.54. The molecule has 0 aliphatic carbocycles. The van der Waals surface area contributed by atoms with E-state index in [-0.39, 0.29) is 11.9 Å². The van der Waals surface area contributed by atoms with Crippen molar-refractivity contribution in [3.63, 3.8) is 0 Å². The van der Waals surface area contributed by atoms with Crippen LogP contribution in [0.2, 0.25) is 0 Å². The third-order valence-corrected chi connectivity index (χ3v) is 2.40. The molecule has 1 saturated heterocycles. The number of alkyl halides is 1. The molecule has 0 saturated carbocycles. The summed E-state index contributed by atoms with van der Waals surface area (Å²) in [7, 11) is 0. The molecule has 7 heteroatoms. The number of rotatable bonds is 2. The highest BCUT2D eigenvalue weighted by Gasteiger charge is 2.21. The molecular weight excluding hydrogens is 234 g/mol. The van der Waals surface area contributed by atoms with Crippen molar-refractivity contribution in [3.05, 3.63) is 0 Å². The predicted octanol–water partition coefficient (Wildman–Crippen LogP) is -0.282. The third-order valence-electron chi connectivity index (χ3n) is 2.20. The van der Waals surface area contributed by atoms with E-state index in [1.165, 1.54) is 6.92 Å². The van der Waals surface area contributed by atoms with Gasteiger partial charge in [0.25, 0.3) is 0 Å². The Labute approximate surface area is 98.1 Å². The van der Waals surface area contributed by atoms with Crippen LogP contribution in [0.15, 0.2) is 0 Å². The molecule has 0 aromatic rings. The molecule has 0 spiro atoms. The lowest BCUT2D eigenvalue weighted by Crippen LogP contribution is -2.52. The van der Waals surface area contributed by atoms with Crippen molar-refractivity contribution in [3.8, 4) is 0 Å². The van der Waals surface area contributed by atoms with Crippen molar-refractivity contribution in [1.29, 1.82) is 0 Å². The van der Waals surface area contributed by atoms with Crippen LogP contribution in [0.5, 0.6) is 0 Å². The quantitative estimate of drug-likeness (QED) is 0.587. The van der Waals surface area contributed by atoms with Crippen LogP contribution in [0, 0.1) is 0 Å². The predicted molar refractivity (Wildman–Crippen MR) is 58.0 cm³/mol. The molecule has 16 heavy (non-hydrogen) atoms. The van der Waals surface area contributed by atoms with E-state index in [4.69, 9.17) is 11.6 Å². The number of carbonyl (C=O) groups is 3. The van der Waals surface area contributed by atoms with E-state index in [1.807, 2.05) is 0 Å². The first-order valence-electron chi connectivity index (χ1n) is 5.01. The first-order valence-corrected chi connectivity index (χ1v) is 5.45. The van der Waals surface area contributed by atoms with Crippen molar-refractivity contribution in [2.24, 2.45) is 0 Å². The molecule has 0 radical (unpaired) electrons. The van der Waals surface area contributed by atoms with Gasteiger partial charge >= 0.3 is 6.03 Å². The Morgan fingerprint density at radius 1 is 1.56 bits per heavy atom. The van der Waals surface area contributed by atoms with Crippen molar-refractivity contribution in [2.45, 2.75) is 31.2 Å². The van der Waals surface area contributed by atoms with E-state index in [0.29, 0.717) is 19.4 Å². The normalized spacial score (nSPS) is 21.9. The molecule has 0 aromatic heterocycles. The molecule has 2 atom stereocenters. The van der Waals surface area contributed by atoms with Gasteiger partial charge in [-0.1, -0.05) is 0 Å². The fraction of sp³-hybridized carbons (Fsp3) is 0.667. The number of hydrogen-bond donors (Lipinski definition) is 3. The Morgan fingerprint density at radius 2 is 2.25 bits per heavy atom. The Balaban J connectivity index is 2.29. The molecule has 6 nitrogen and oxygen atoms in total. The summed E-state index contributed by atoms with van der Waals surface area (Å²) >= 11 is 5.49. The maximum Gasteiger partial charge on any atom is 0.321 e. The number of hydrogen-bond acceptors (Lipinski definition) is 3. The van der Waals surface area contributed by atoms with Gasteiger partial charge in [-0.05, 0) is 13.3 Å². The minimum atomic E-state index is -0.753. The standard InChI is InChI=1S/C9H14ClN3O3/c1-5(10)8(15)13-9(16)12-6-2-3-7(14)11-4-6/h5-6H,2-4H2,1H3,(H,11,14)(H2,12,13,15,16). The van der Waals surface area contributed by atoms with E-state index in [1.54, 1.807) is 0 Å². The number of nitrogens with one attached hydrogen (secondary N) is 3. The summed E-state index contributed by atoms with van der Waals surface area (Å²) < 4.78 is 0. The van der Waals surface area contributed by atoms with Crippen LogP contribution in [0.4, 0.5) is 4.79 Å². The van der Waals surface area contributed by atoms with Crippen LogP contribution in [-0.2, 0) is 9.59 Å². The number of piperidine rings is 1. The molecule has 1 heterocycles. The number of imide groups is 1. The highest BCUT2D eigenvalue weighted by Crippen LogP contribution is 2.02. The molecule has 3 N–H and O–H groups in total. The molecule has 0 aromatic carbocycles. The van der Waals surface area contributed by atoms with Crippen LogP contribution in [0.25, 0.3) is 0 Å². The Hall–Kier alpha value is -1.30. The van der Waals surface area contributed by atoms with E-state index >= 15 is 0 Å². The molecular formula is C9H14ClN3O3. The Bertz CT molecular complexity index is 296. The van der Waals surface area contributed by atoms with Gasteiger partial charge in [-0.15, -0.1) is 11.6 Å². The zero-order chi connectivity index (χ0) is 12.1. The summed E-state index contributed by atoms with van der Waals surface area (Å²) in [6, 6.07) is -0.727. The summed E-state index contributed by atoms with van der Waals surface area (Å²) in [6.45, 7) is 1.86. The maximum absolute atomic E-state index is 11.3. The molecule has 4 amide bonds. The lowest BCUT2D eigenvalue weighted by atomic mass is 10.1. The second-order valence-corrected chi connectivity index (χ2v) is 4.27. The minimum Gasteiger partial charge on any atom is -0.354 e. The molecule has 1 rings (SSSR count). The average molecular weight is 248 g/mol. The highest BCUT2D eigenvalue weighted by molar-refractivity contribution is 6.31. The second kappa shape index (κ2) is 5.69. The zero-order valence-electron chi connectivity index (χ0n) is 8.88. The molecule has 1 fully saturated rings. The van der Waals surface area contributed by atoms with Gasteiger partial charge in [-0.25, -0.2) is 4.79 Å². The van der Waals surface area contributed by atoms with Gasteiger partial charge in [-0.3, -0.25) is 14.9 Å². The molecule has 1 aliphatic rings. The topological polar surface area (TPSA) is 87.3 Å². The lowest BCUT2D eigenvalue weighted by molar-refractivity contribution is -0.122. The van der Waals surface area contributed by atoms with E-state index < -0.39 is 17.3 Å². The van der Waals surface area contributed by atoms with Gasteiger partial charge in [0.15, 0.2) is 0 Å². The lowest BCUT2D eigenvalue weighted by Gasteiger charge is -2.23. The minimum absolute atomic E-state index is 0.0242. The van der Waals surface area contributed by atoms with Gasteiger partial charge in [0.05, 0.1) is 0 Å². The molecule has 2 unspecified atom stereocenters. The van der Waals surface area contributed by atoms with Crippen LogP contribution >= 0.6 is 11.6 Å². The maximum atomic E-state index is 11.3. The number of halogens is 1. The van der Waals surface area contributed by atoms with Crippen molar-refractivity contribution in [1.82, 2.24) is 16.0 Å². The largest absolute Gasteiger partial charge is 0.354 e. The Morgan fingerprint density at radius 3 is 2.75 bits per heavy atom. The SMILES string of the molecule is CC(Cl)C(=O)NC(=O)NC1CCC(=O)NC1. The van der Waals surface area contributed by atoms with Crippen molar-refractivity contribution < 1.29 is 14.4 Å². The fourth-order valence-electron chi connectivity index (χ4n) is 1.29. The van der Waals surface area contributed by atoms with Gasteiger partial charge in [-0.2, -0.15) is 0 Å². The van der Waals surface area contributed by atoms with E-state index in [9.17, 15) is 14.4 Å². The summed E-state index contributed by atoms with van der Waals surface area (Å²) in [5.74, 6) is -0.567. The molecule has 0 bridgehead atoms. The van der Waals surface area contributed by atoms with Gasteiger partial charge in [0.2, 0.25) is 11.8 Å². The first-order chi connectivity index (χ1) is 7.49. The van der Waals surface area contributed by atoms with Crippen molar-refractivity contribution in [2.75, 3.05) is 6.54 Å². The average Bonchev–Trinajstić information content (AvgIpc) is 2.21. The number of carbonyl (C=O) groups excluding carboxylic acids is 3. The number of urea groups is 1. The van der Waals surface area contributed by atoms with Gasteiger partial charge in [0, 0.05) is 19.0 Å². The fourth-order valence-corrected chi connectivity index (χ4v) is 1.34. The van der Waals surface area contributed by atoms with Crippen molar-refractivity contribution >= 4 is 29.4 Å². The van der Waals surface area contributed by atoms with Crippen LogP contribution in [-0.4, -0.2) is 35.8 Å². The highest BCUT2D eigenvalue weighted by atomic mass is 35.5. The van der Waals surface area contributed by atoms with Crippen LogP contribution < -0.4 is 16.0 Å². The first kappa shape index (κ1) is 12.8. The van der Waals surface area contributed by atoms with E-state index in [0.717, 1.165) is 0 Å². The molecule has 90 valence electrons. The monoisotopic (exact) mass is 247 g/mol. The van der Waals surface area contributed by atoms with Gasteiger partial charge < -0.3 is 10.6 Å². The third kappa shape index (κ3) is 4.06.